The number of alkyl carbamates (subject to hydrolysis) is 1. The van der Waals surface area contributed by atoms with Gasteiger partial charge in [-0.2, -0.15) is 0 Å². The third-order valence-electron chi connectivity index (χ3n) is 6.81. The first-order valence-electron chi connectivity index (χ1n) is 14.0. The van der Waals surface area contributed by atoms with E-state index in [-0.39, 0.29) is 11.8 Å². The predicted octanol–water partition coefficient (Wildman–Crippen LogP) is 6.56. The molecule has 0 aliphatic carbocycles. The molecule has 0 heterocycles. The molecule has 2 aromatic carbocycles. The molecular formula is C32H47N3O5. The van der Waals surface area contributed by atoms with Crippen molar-refractivity contribution in [1.82, 2.24) is 10.2 Å². The molecule has 0 radical (unpaired) electrons. The lowest BCUT2D eigenvalue weighted by atomic mass is 9.95. The molecule has 8 nitrogen and oxygen atoms in total. The second-order valence-electron chi connectivity index (χ2n) is 12.1. The van der Waals surface area contributed by atoms with E-state index in [9.17, 15) is 19.5 Å². The Balaban J connectivity index is 2.63. The van der Waals surface area contributed by atoms with Gasteiger partial charge >= 0.3 is 6.09 Å². The highest BCUT2D eigenvalue weighted by Crippen LogP contribution is 2.35. The van der Waals surface area contributed by atoms with Gasteiger partial charge in [0.25, 0.3) is 5.91 Å². The SMILES string of the molecule is Cc1cccc(C(C(=O)Nc2c(C)cccc2C)N(C(=O)C(C)NC(=O)OC(C)(C)C)C(C)CCC(C)C)c1O. The van der Waals surface area contributed by atoms with Crippen LogP contribution < -0.4 is 10.6 Å². The van der Waals surface area contributed by atoms with E-state index in [2.05, 4.69) is 24.5 Å². The minimum Gasteiger partial charge on any atom is -0.507 e. The summed E-state index contributed by atoms with van der Waals surface area (Å²) in [6, 6.07) is 8.37. The Bertz CT molecular complexity index is 1180. The van der Waals surface area contributed by atoms with Crippen LogP contribution in [0.2, 0.25) is 0 Å². The number of phenols is 1. The largest absolute Gasteiger partial charge is 0.507 e. The Morgan fingerprint density at radius 1 is 0.900 bits per heavy atom. The monoisotopic (exact) mass is 553 g/mol. The van der Waals surface area contributed by atoms with Gasteiger partial charge < -0.3 is 25.4 Å². The summed E-state index contributed by atoms with van der Waals surface area (Å²) in [5, 5.41) is 16.8. The number of aryl methyl sites for hydroxylation is 3. The molecule has 40 heavy (non-hydrogen) atoms. The number of ether oxygens (including phenoxy) is 1. The Kier molecular flexibility index (Phi) is 11.2. The van der Waals surface area contributed by atoms with E-state index < -0.39 is 35.6 Å². The average Bonchev–Trinajstić information content (AvgIpc) is 2.83. The van der Waals surface area contributed by atoms with Crippen LogP contribution in [0.4, 0.5) is 10.5 Å². The molecule has 0 aromatic heterocycles. The zero-order valence-corrected chi connectivity index (χ0v) is 25.7. The molecule has 3 N–H and O–H groups in total. The van der Waals surface area contributed by atoms with Crippen LogP contribution in [-0.2, 0) is 14.3 Å². The molecule has 0 fully saturated rings. The van der Waals surface area contributed by atoms with E-state index in [4.69, 9.17) is 4.74 Å². The molecule has 3 unspecified atom stereocenters. The molecule has 0 aliphatic heterocycles. The van der Waals surface area contributed by atoms with Crippen molar-refractivity contribution in [2.75, 3.05) is 5.32 Å². The number of amides is 3. The van der Waals surface area contributed by atoms with Gasteiger partial charge in [0, 0.05) is 17.3 Å². The molecule has 220 valence electrons. The fraction of sp³-hybridized carbons (Fsp3) is 0.531. The van der Waals surface area contributed by atoms with Gasteiger partial charge in [-0.3, -0.25) is 9.59 Å². The third-order valence-corrected chi connectivity index (χ3v) is 6.81. The minimum absolute atomic E-state index is 0.0502. The standard InChI is InChI=1S/C32H47N3O5/c1-19(2)17-18-23(6)35(30(38)24(7)33-31(39)40-32(8,9)10)27(25-16-12-15-22(5)28(25)36)29(37)34-26-20(3)13-11-14-21(26)4/h11-16,19,23-24,27,36H,17-18H2,1-10H3,(H,33,39)(H,34,37). The quantitative estimate of drug-likeness (QED) is 0.309. The van der Waals surface area contributed by atoms with Gasteiger partial charge in [-0.05, 0) is 90.8 Å². The zero-order valence-electron chi connectivity index (χ0n) is 25.7. The van der Waals surface area contributed by atoms with Gasteiger partial charge in [0.05, 0.1) is 0 Å². The lowest BCUT2D eigenvalue weighted by molar-refractivity contribution is -0.143. The predicted molar refractivity (Wildman–Crippen MR) is 159 cm³/mol. The summed E-state index contributed by atoms with van der Waals surface area (Å²) < 4.78 is 5.37. The molecule has 0 saturated carbocycles. The van der Waals surface area contributed by atoms with Crippen LogP contribution in [0.25, 0.3) is 0 Å². The molecule has 0 aliphatic rings. The summed E-state index contributed by atoms with van der Waals surface area (Å²) in [5.41, 5.74) is 2.59. The van der Waals surface area contributed by atoms with E-state index >= 15 is 0 Å². The smallest absolute Gasteiger partial charge is 0.408 e. The summed E-state index contributed by atoms with van der Waals surface area (Å²) in [6.07, 6.45) is 0.727. The lowest BCUT2D eigenvalue weighted by Gasteiger charge is -2.38. The second kappa shape index (κ2) is 13.7. The number of para-hydroxylation sites is 2. The van der Waals surface area contributed by atoms with Gasteiger partial charge in [0.2, 0.25) is 5.91 Å². The number of phenolic OH excluding ortho intramolecular Hbond substituents is 1. The molecule has 3 amide bonds. The Labute approximate surface area is 239 Å². The number of hydrogen-bond acceptors (Lipinski definition) is 5. The van der Waals surface area contributed by atoms with Crippen molar-refractivity contribution in [2.45, 2.75) is 106 Å². The van der Waals surface area contributed by atoms with Crippen LogP contribution in [0.15, 0.2) is 36.4 Å². The van der Waals surface area contributed by atoms with E-state index in [0.717, 1.165) is 17.5 Å². The lowest BCUT2D eigenvalue weighted by Crippen LogP contribution is -2.54. The summed E-state index contributed by atoms with van der Waals surface area (Å²) in [5.74, 6) is -0.575. The van der Waals surface area contributed by atoms with Crippen molar-refractivity contribution in [3.63, 3.8) is 0 Å². The average molecular weight is 554 g/mol. The number of rotatable bonds is 10. The zero-order chi connectivity index (χ0) is 30.4. The van der Waals surface area contributed by atoms with Crippen molar-refractivity contribution in [3.05, 3.63) is 58.7 Å². The van der Waals surface area contributed by atoms with Crippen LogP contribution in [0.3, 0.4) is 0 Å². The first kappa shape index (κ1) is 32.7. The first-order chi connectivity index (χ1) is 18.5. The maximum absolute atomic E-state index is 14.2. The van der Waals surface area contributed by atoms with Crippen LogP contribution in [0.1, 0.15) is 89.6 Å². The highest BCUT2D eigenvalue weighted by molar-refractivity contribution is 6.00. The van der Waals surface area contributed by atoms with E-state index in [1.807, 2.05) is 39.0 Å². The van der Waals surface area contributed by atoms with Crippen molar-refractivity contribution in [2.24, 2.45) is 5.92 Å². The van der Waals surface area contributed by atoms with Crippen LogP contribution in [0.5, 0.6) is 5.75 Å². The summed E-state index contributed by atoms with van der Waals surface area (Å²) in [7, 11) is 0. The molecular weight excluding hydrogens is 506 g/mol. The Hall–Kier alpha value is -3.55. The van der Waals surface area contributed by atoms with Crippen molar-refractivity contribution >= 4 is 23.6 Å². The maximum atomic E-state index is 14.2. The number of nitrogens with zero attached hydrogens (tertiary/aromatic N) is 1. The third kappa shape index (κ3) is 8.73. The van der Waals surface area contributed by atoms with Crippen LogP contribution >= 0.6 is 0 Å². The molecule has 0 spiro atoms. The van der Waals surface area contributed by atoms with Gasteiger partial charge in [0.1, 0.15) is 23.4 Å². The maximum Gasteiger partial charge on any atom is 0.408 e. The fourth-order valence-electron chi connectivity index (χ4n) is 4.61. The number of hydrogen-bond donors (Lipinski definition) is 3. The molecule has 0 bridgehead atoms. The van der Waals surface area contributed by atoms with Crippen LogP contribution in [0, 0.1) is 26.7 Å². The minimum atomic E-state index is -1.16. The van der Waals surface area contributed by atoms with Crippen molar-refractivity contribution in [1.29, 1.82) is 0 Å². The first-order valence-corrected chi connectivity index (χ1v) is 14.0. The van der Waals surface area contributed by atoms with Crippen molar-refractivity contribution in [3.8, 4) is 5.75 Å². The number of carbonyl (C=O) groups is 3. The molecule has 3 atom stereocenters. The molecule has 0 saturated heterocycles. The summed E-state index contributed by atoms with van der Waals surface area (Å²) in [4.78, 5) is 42.3. The van der Waals surface area contributed by atoms with E-state index in [1.54, 1.807) is 52.8 Å². The second-order valence-corrected chi connectivity index (χ2v) is 12.1. The summed E-state index contributed by atoms with van der Waals surface area (Å²) in [6.45, 7) is 18.5. The van der Waals surface area contributed by atoms with E-state index in [1.165, 1.54) is 4.90 Å². The fourth-order valence-corrected chi connectivity index (χ4v) is 4.61. The number of carbonyl (C=O) groups excluding carboxylic acids is 3. The van der Waals surface area contributed by atoms with Gasteiger partial charge in [-0.25, -0.2) is 4.79 Å². The van der Waals surface area contributed by atoms with Gasteiger partial charge in [-0.15, -0.1) is 0 Å². The normalized spacial score (nSPS) is 13.8. The number of anilines is 1. The highest BCUT2D eigenvalue weighted by Gasteiger charge is 2.39. The van der Waals surface area contributed by atoms with E-state index in [0.29, 0.717) is 29.2 Å². The van der Waals surface area contributed by atoms with Gasteiger partial charge in [0.15, 0.2) is 0 Å². The summed E-state index contributed by atoms with van der Waals surface area (Å²) >= 11 is 0. The topological polar surface area (TPSA) is 108 Å². The Morgan fingerprint density at radius 2 is 1.45 bits per heavy atom. The van der Waals surface area contributed by atoms with Crippen molar-refractivity contribution < 1.29 is 24.2 Å². The van der Waals surface area contributed by atoms with Gasteiger partial charge in [-0.1, -0.05) is 50.2 Å². The molecule has 8 heteroatoms. The molecule has 2 rings (SSSR count). The van der Waals surface area contributed by atoms with Crippen LogP contribution in [-0.4, -0.2) is 45.6 Å². The Morgan fingerprint density at radius 3 is 2.00 bits per heavy atom. The number of aromatic hydroxyl groups is 1. The number of benzene rings is 2. The number of nitrogens with one attached hydrogen (secondary N) is 2. The molecule has 2 aromatic rings. The highest BCUT2D eigenvalue weighted by atomic mass is 16.6.